The summed E-state index contributed by atoms with van der Waals surface area (Å²) in [7, 11) is 0. The first-order chi connectivity index (χ1) is 11.8. The zero-order valence-corrected chi connectivity index (χ0v) is 14.5. The second kappa shape index (κ2) is 7.69. The van der Waals surface area contributed by atoms with Crippen LogP contribution in [0.3, 0.4) is 0 Å². The minimum absolute atomic E-state index is 0.0636. The summed E-state index contributed by atoms with van der Waals surface area (Å²) in [6.45, 7) is 6.53. The van der Waals surface area contributed by atoms with Crippen molar-refractivity contribution < 1.29 is 19.1 Å². The van der Waals surface area contributed by atoms with E-state index >= 15 is 0 Å². The van der Waals surface area contributed by atoms with Crippen LogP contribution in [0.1, 0.15) is 30.8 Å². The van der Waals surface area contributed by atoms with E-state index in [2.05, 4.69) is 25.7 Å². The number of aromatic nitrogens is 4. The molecule has 0 spiro atoms. The van der Waals surface area contributed by atoms with Gasteiger partial charge < -0.3 is 10.1 Å². The number of ether oxygens (including phenoxy) is 1. The molecule has 0 fully saturated rings. The average molecular weight is 348 g/mol. The lowest BCUT2D eigenvalue weighted by Crippen LogP contribution is -2.44. The van der Waals surface area contributed by atoms with Crippen molar-refractivity contribution in [2.75, 3.05) is 6.61 Å². The first-order valence-corrected chi connectivity index (χ1v) is 7.69. The summed E-state index contributed by atoms with van der Waals surface area (Å²) in [4.78, 5) is 43.2. The Bertz CT molecular complexity index is 814. The average Bonchev–Trinajstić information content (AvgIpc) is 2.96. The van der Waals surface area contributed by atoms with Crippen LogP contribution in [0.4, 0.5) is 4.79 Å². The number of nitrogens with one attached hydrogen (secondary N) is 2. The second-order valence-corrected chi connectivity index (χ2v) is 5.75. The quantitative estimate of drug-likeness (QED) is 0.731. The van der Waals surface area contributed by atoms with Gasteiger partial charge in [-0.15, -0.1) is 0 Å². The number of hydrogen-bond donors (Lipinski definition) is 2. The summed E-state index contributed by atoms with van der Waals surface area (Å²) in [6.07, 6.45) is 1.31. The van der Waals surface area contributed by atoms with E-state index in [1.54, 1.807) is 27.7 Å². The molecule has 0 aromatic carbocycles. The SMILES string of the molecule is Cc1nc2ncnn2c(C)c1CC(=O)OCC(=O)NC(=O)NC(C)C. The number of nitrogens with zero attached hydrogens (tertiary/aromatic N) is 4. The highest BCUT2D eigenvalue weighted by Crippen LogP contribution is 2.14. The number of carbonyl (C=O) groups excluding carboxylic acids is 3. The van der Waals surface area contributed by atoms with E-state index in [1.807, 2.05) is 0 Å². The molecule has 2 heterocycles. The van der Waals surface area contributed by atoms with Crippen LogP contribution in [0.5, 0.6) is 0 Å². The minimum atomic E-state index is -0.704. The van der Waals surface area contributed by atoms with Gasteiger partial charge in [-0.3, -0.25) is 14.9 Å². The first kappa shape index (κ1) is 18.3. The third-order valence-corrected chi connectivity index (χ3v) is 3.35. The third kappa shape index (κ3) is 4.72. The van der Waals surface area contributed by atoms with Crippen LogP contribution in [-0.4, -0.2) is 50.1 Å². The zero-order valence-electron chi connectivity index (χ0n) is 14.5. The molecule has 0 unspecified atom stereocenters. The van der Waals surface area contributed by atoms with E-state index in [1.165, 1.54) is 10.8 Å². The topological polar surface area (TPSA) is 128 Å². The molecular weight excluding hydrogens is 328 g/mol. The number of amides is 3. The van der Waals surface area contributed by atoms with Crippen molar-refractivity contribution in [1.29, 1.82) is 0 Å². The summed E-state index contributed by atoms with van der Waals surface area (Å²) in [6, 6.07) is -0.746. The second-order valence-electron chi connectivity index (χ2n) is 5.75. The summed E-state index contributed by atoms with van der Waals surface area (Å²) < 4.78 is 6.44. The van der Waals surface area contributed by atoms with Crippen molar-refractivity contribution in [3.63, 3.8) is 0 Å². The fraction of sp³-hybridized carbons (Fsp3) is 0.467. The first-order valence-electron chi connectivity index (χ1n) is 7.69. The van der Waals surface area contributed by atoms with Gasteiger partial charge in [-0.25, -0.2) is 14.3 Å². The van der Waals surface area contributed by atoms with E-state index in [-0.39, 0.29) is 12.5 Å². The number of esters is 1. The molecular formula is C15H20N6O4. The standard InChI is InChI=1S/C15H20N6O4/c1-8(2)18-15(24)20-12(22)6-25-13(23)5-11-9(3)19-14-16-7-17-21(14)10(11)4/h7-8H,5-6H2,1-4H3,(H2,18,20,22,24). The van der Waals surface area contributed by atoms with Gasteiger partial charge in [-0.1, -0.05) is 0 Å². The monoisotopic (exact) mass is 348 g/mol. The number of rotatable bonds is 5. The van der Waals surface area contributed by atoms with Crippen molar-refractivity contribution in [3.8, 4) is 0 Å². The van der Waals surface area contributed by atoms with E-state index in [4.69, 9.17) is 4.74 Å². The van der Waals surface area contributed by atoms with E-state index in [0.717, 1.165) is 5.69 Å². The third-order valence-electron chi connectivity index (χ3n) is 3.35. The molecule has 0 radical (unpaired) electrons. The molecule has 0 aliphatic heterocycles. The minimum Gasteiger partial charge on any atom is -0.455 e. The Hall–Kier alpha value is -3.04. The molecule has 0 aliphatic carbocycles. The summed E-state index contributed by atoms with van der Waals surface area (Å²) in [5.74, 6) is -0.862. The zero-order chi connectivity index (χ0) is 18.6. The number of carbonyl (C=O) groups is 3. The molecule has 2 N–H and O–H groups in total. The van der Waals surface area contributed by atoms with Gasteiger partial charge in [-0.2, -0.15) is 10.1 Å². The lowest BCUT2D eigenvalue weighted by molar-refractivity contribution is -0.147. The fourth-order valence-electron chi connectivity index (χ4n) is 2.21. The molecule has 0 saturated heterocycles. The van der Waals surface area contributed by atoms with E-state index < -0.39 is 24.5 Å². The molecule has 2 aromatic rings. The van der Waals surface area contributed by atoms with Crippen molar-refractivity contribution in [2.24, 2.45) is 0 Å². The van der Waals surface area contributed by atoms with Gasteiger partial charge in [0.25, 0.3) is 11.7 Å². The molecule has 0 saturated carbocycles. The number of fused-ring (bicyclic) bond motifs is 1. The molecule has 0 aliphatic rings. The maximum atomic E-state index is 12.0. The Morgan fingerprint density at radius 2 is 2.00 bits per heavy atom. The molecule has 3 amide bonds. The number of urea groups is 1. The summed E-state index contributed by atoms with van der Waals surface area (Å²) in [5.41, 5.74) is 2.01. The van der Waals surface area contributed by atoms with E-state index in [9.17, 15) is 14.4 Å². The van der Waals surface area contributed by atoms with Crippen LogP contribution in [0, 0.1) is 13.8 Å². The predicted octanol–water partition coefficient (Wildman–Crippen LogP) is 0.0610. The van der Waals surface area contributed by atoms with Gasteiger partial charge >= 0.3 is 12.0 Å². The lowest BCUT2D eigenvalue weighted by Gasteiger charge is -2.11. The molecule has 134 valence electrons. The van der Waals surface area contributed by atoms with Crippen molar-refractivity contribution >= 4 is 23.7 Å². The van der Waals surface area contributed by atoms with Gasteiger partial charge in [-0.05, 0) is 27.7 Å². The normalized spacial score (nSPS) is 10.8. The Labute approximate surface area is 144 Å². The number of hydrogen-bond acceptors (Lipinski definition) is 7. The van der Waals surface area contributed by atoms with E-state index in [0.29, 0.717) is 17.0 Å². The van der Waals surface area contributed by atoms with Crippen molar-refractivity contribution in [3.05, 3.63) is 23.3 Å². The van der Waals surface area contributed by atoms with Gasteiger partial charge in [0, 0.05) is 23.0 Å². The fourth-order valence-corrected chi connectivity index (χ4v) is 2.21. The Balaban J connectivity index is 1.92. The lowest BCUT2D eigenvalue weighted by atomic mass is 10.1. The van der Waals surface area contributed by atoms with Gasteiger partial charge in [0.2, 0.25) is 0 Å². The Morgan fingerprint density at radius 1 is 1.28 bits per heavy atom. The van der Waals surface area contributed by atoms with Crippen molar-refractivity contribution in [1.82, 2.24) is 30.2 Å². The highest BCUT2D eigenvalue weighted by atomic mass is 16.5. The maximum Gasteiger partial charge on any atom is 0.321 e. The highest BCUT2D eigenvalue weighted by Gasteiger charge is 2.17. The Kier molecular flexibility index (Phi) is 5.63. The van der Waals surface area contributed by atoms with Crippen LogP contribution in [0.25, 0.3) is 5.78 Å². The highest BCUT2D eigenvalue weighted by molar-refractivity contribution is 5.95. The smallest absolute Gasteiger partial charge is 0.321 e. The molecule has 0 atom stereocenters. The number of imide groups is 1. The van der Waals surface area contributed by atoms with Crippen LogP contribution in [0.15, 0.2) is 6.33 Å². The Morgan fingerprint density at radius 3 is 2.68 bits per heavy atom. The summed E-state index contributed by atoms with van der Waals surface area (Å²) >= 11 is 0. The molecule has 2 aromatic heterocycles. The van der Waals surface area contributed by atoms with Gasteiger partial charge in [0.15, 0.2) is 6.61 Å². The molecule has 10 nitrogen and oxygen atoms in total. The largest absolute Gasteiger partial charge is 0.455 e. The molecule has 25 heavy (non-hydrogen) atoms. The van der Waals surface area contributed by atoms with Crippen LogP contribution < -0.4 is 10.6 Å². The molecule has 2 rings (SSSR count). The van der Waals surface area contributed by atoms with Crippen LogP contribution in [-0.2, 0) is 20.7 Å². The molecule has 10 heteroatoms. The maximum absolute atomic E-state index is 12.0. The van der Waals surface area contributed by atoms with Crippen molar-refractivity contribution in [2.45, 2.75) is 40.2 Å². The number of aryl methyl sites for hydroxylation is 2. The predicted molar refractivity (Wildman–Crippen MR) is 86.7 cm³/mol. The van der Waals surface area contributed by atoms with Gasteiger partial charge in [0.05, 0.1) is 6.42 Å². The van der Waals surface area contributed by atoms with Crippen LogP contribution in [0.2, 0.25) is 0 Å². The van der Waals surface area contributed by atoms with Crippen LogP contribution >= 0.6 is 0 Å². The van der Waals surface area contributed by atoms with Gasteiger partial charge in [0.1, 0.15) is 6.33 Å². The summed E-state index contributed by atoms with van der Waals surface area (Å²) in [5, 5.41) is 8.61. The molecule has 0 bridgehead atoms.